The molecule has 1 amide bonds. The lowest BCUT2D eigenvalue weighted by molar-refractivity contribution is 0.0883. The summed E-state index contributed by atoms with van der Waals surface area (Å²) >= 11 is 0. The predicted molar refractivity (Wildman–Crippen MR) is 118 cm³/mol. The summed E-state index contributed by atoms with van der Waals surface area (Å²) in [7, 11) is 0. The number of likely N-dealkylation sites (tertiary alicyclic amines) is 1. The van der Waals surface area contributed by atoms with E-state index in [2.05, 4.69) is 39.5 Å². The molecule has 0 spiro atoms. The minimum atomic E-state index is -0.142. The Morgan fingerprint density at radius 2 is 1.80 bits per heavy atom. The number of para-hydroxylation sites is 1. The highest BCUT2D eigenvalue weighted by molar-refractivity contribution is 6.06. The van der Waals surface area contributed by atoms with Crippen LogP contribution >= 0.6 is 0 Å². The predicted octanol–water partition coefficient (Wildman–Crippen LogP) is 4.68. The van der Waals surface area contributed by atoms with Gasteiger partial charge in [0.15, 0.2) is 5.76 Å². The molecule has 4 aromatic rings. The van der Waals surface area contributed by atoms with Crippen LogP contribution in [0.5, 0.6) is 0 Å². The number of furan rings is 1. The molecular formula is C25H25N3O2. The van der Waals surface area contributed by atoms with Gasteiger partial charge in [0.05, 0.1) is 5.52 Å². The minimum Gasteiger partial charge on any atom is -0.450 e. The number of fused-ring (bicyclic) bond motifs is 3. The Labute approximate surface area is 175 Å². The first kappa shape index (κ1) is 18.8. The molecule has 0 bridgehead atoms. The van der Waals surface area contributed by atoms with Crippen LogP contribution in [0.2, 0.25) is 0 Å². The van der Waals surface area contributed by atoms with E-state index < -0.39 is 0 Å². The largest absolute Gasteiger partial charge is 0.450 e. The highest BCUT2D eigenvalue weighted by Gasteiger charge is 2.23. The molecule has 5 nitrogen and oxygen atoms in total. The zero-order valence-electron chi connectivity index (χ0n) is 17.1. The summed E-state index contributed by atoms with van der Waals surface area (Å²) in [6.45, 7) is 4.88. The number of aromatic nitrogens is 1. The van der Waals surface area contributed by atoms with E-state index >= 15 is 0 Å². The van der Waals surface area contributed by atoms with Gasteiger partial charge in [0.1, 0.15) is 5.58 Å². The average molecular weight is 399 g/mol. The first-order valence-corrected chi connectivity index (χ1v) is 10.5. The van der Waals surface area contributed by atoms with Gasteiger partial charge in [0, 0.05) is 42.1 Å². The number of amides is 1. The summed E-state index contributed by atoms with van der Waals surface area (Å²) in [5.41, 5.74) is 3.83. The molecule has 30 heavy (non-hydrogen) atoms. The van der Waals surface area contributed by atoms with Crippen molar-refractivity contribution in [3.05, 3.63) is 77.7 Å². The molecule has 1 saturated heterocycles. The van der Waals surface area contributed by atoms with Crippen molar-refractivity contribution in [2.45, 2.75) is 32.4 Å². The molecule has 0 atom stereocenters. The smallest absolute Gasteiger partial charge is 0.287 e. The van der Waals surface area contributed by atoms with Crippen molar-refractivity contribution in [2.24, 2.45) is 0 Å². The third-order valence-electron chi connectivity index (χ3n) is 5.95. The maximum Gasteiger partial charge on any atom is 0.287 e. The maximum atomic E-state index is 12.9. The summed E-state index contributed by atoms with van der Waals surface area (Å²) in [4.78, 5) is 19.9. The summed E-state index contributed by atoms with van der Waals surface area (Å²) in [5, 5.41) is 5.00. The number of nitrogens with zero attached hydrogens (tertiary/aromatic N) is 2. The summed E-state index contributed by atoms with van der Waals surface area (Å²) < 4.78 is 6.00. The summed E-state index contributed by atoms with van der Waals surface area (Å²) in [6, 6.07) is 20.4. The second kappa shape index (κ2) is 7.92. The lowest BCUT2D eigenvalue weighted by Gasteiger charge is -2.32. The molecule has 3 heterocycles. The first-order chi connectivity index (χ1) is 14.7. The van der Waals surface area contributed by atoms with E-state index in [9.17, 15) is 4.79 Å². The van der Waals surface area contributed by atoms with E-state index in [1.807, 2.05) is 43.3 Å². The summed E-state index contributed by atoms with van der Waals surface area (Å²) in [6.07, 6.45) is 1.89. The molecular weight excluding hydrogens is 374 g/mol. The number of benzene rings is 2. The molecule has 5 heteroatoms. The van der Waals surface area contributed by atoms with Crippen LogP contribution in [-0.4, -0.2) is 34.9 Å². The minimum absolute atomic E-state index is 0.142. The Hall–Kier alpha value is -3.18. The number of rotatable bonds is 4. The summed E-state index contributed by atoms with van der Waals surface area (Å²) in [5.74, 6) is 0.217. The van der Waals surface area contributed by atoms with Crippen LogP contribution in [0, 0.1) is 6.92 Å². The molecule has 0 aliphatic carbocycles. The van der Waals surface area contributed by atoms with Crippen molar-refractivity contribution in [1.29, 1.82) is 0 Å². The Morgan fingerprint density at radius 3 is 2.60 bits per heavy atom. The Bertz CT molecular complexity index is 1190. The normalized spacial score (nSPS) is 15.6. The highest BCUT2D eigenvalue weighted by atomic mass is 16.3. The van der Waals surface area contributed by atoms with Crippen molar-refractivity contribution < 1.29 is 9.21 Å². The van der Waals surface area contributed by atoms with Crippen molar-refractivity contribution in [3.63, 3.8) is 0 Å². The molecule has 0 unspecified atom stereocenters. The number of carbonyl (C=O) groups excluding carboxylic acids is 1. The van der Waals surface area contributed by atoms with Crippen LogP contribution in [0.25, 0.3) is 21.9 Å². The second-order valence-corrected chi connectivity index (χ2v) is 8.08. The molecule has 1 aliphatic rings. The standard InChI is InChI=1S/C25H25N3O2/c1-17-21-15-23(30-24(21)20-9-5-6-10-22(20)26-17)25(29)27-19-11-13-28(14-12-19)16-18-7-3-2-4-8-18/h2-10,15,19H,11-14,16H2,1H3,(H,27,29). The van der Waals surface area contributed by atoms with Crippen LogP contribution in [-0.2, 0) is 6.54 Å². The van der Waals surface area contributed by atoms with Crippen molar-refractivity contribution in [3.8, 4) is 0 Å². The van der Waals surface area contributed by atoms with Gasteiger partial charge in [-0.15, -0.1) is 0 Å². The molecule has 0 radical (unpaired) electrons. The van der Waals surface area contributed by atoms with Crippen LogP contribution in [0.4, 0.5) is 0 Å². The molecule has 2 aromatic carbocycles. The van der Waals surface area contributed by atoms with Gasteiger partial charge in [-0.2, -0.15) is 0 Å². The zero-order chi connectivity index (χ0) is 20.5. The number of aryl methyl sites for hydroxylation is 1. The molecule has 1 aliphatic heterocycles. The average Bonchev–Trinajstić information content (AvgIpc) is 3.23. The van der Waals surface area contributed by atoms with Crippen molar-refractivity contribution >= 4 is 27.8 Å². The van der Waals surface area contributed by atoms with Gasteiger partial charge >= 0.3 is 0 Å². The zero-order valence-corrected chi connectivity index (χ0v) is 17.1. The van der Waals surface area contributed by atoms with E-state index in [0.29, 0.717) is 5.76 Å². The highest BCUT2D eigenvalue weighted by Crippen LogP contribution is 2.29. The molecule has 1 N–H and O–H groups in total. The lowest BCUT2D eigenvalue weighted by Crippen LogP contribution is -2.44. The fraction of sp³-hybridized carbons (Fsp3) is 0.280. The Morgan fingerprint density at radius 1 is 1.07 bits per heavy atom. The van der Waals surface area contributed by atoms with E-state index in [4.69, 9.17) is 4.42 Å². The SMILES string of the molecule is Cc1nc2ccccc2c2oc(C(=O)NC3CCN(Cc4ccccc4)CC3)cc12. The van der Waals surface area contributed by atoms with Gasteiger partial charge in [0.2, 0.25) is 0 Å². The number of hydrogen-bond donors (Lipinski definition) is 1. The Balaban J connectivity index is 1.26. The number of hydrogen-bond acceptors (Lipinski definition) is 4. The monoisotopic (exact) mass is 399 g/mol. The first-order valence-electron chi connectivity index (χ1n) is 10.5. The van der Waals surface area contributed by atoms with E-state index in [-0.39, 0.29) is 11.9 Å². The van der Waals surface area contributed by atoms with Crippen molar-refractivity contribution in [2.75, 3.05) is 13.1 Å². The van der Waals surface area contributed by atoms with E-state index in [0.717, 1.165) is 60.0 Å². The number of nitrogens with one attached hydrogen (secondary N) is 1. The van der Waals surface area contributed by atoms with Crippen LogP contribution in [0.3, 0.4) is 0 Å². The fourth-order valence-corrected chi connectivity index (χ4v) is 4.31. The van der Waals surface area contributed by atoms with Crippen LogP contribution in [0.15, 0.2) is 65.1 Å². The number of carbonyl (C=O) groups is 1. The number of piperidine rings is 1. The topological polar surface area (TPSA) is 58.4 Å². The van der Waals surface area contributed by atoms with Gasteiger partial charge < -0.3 is 9.73 Å². The molecule has 152 valence electrons. The number of pyridine rings is 1. The molecule has 5 rings (SSSR count). The maximum absolute atomic E-state index is 12.9. The molecule has 0 saturated carbocycles. The third kappa shape index (κ3) is 3.68. The van der Waals surface area contributed by atoms with Gasteiger partial charge in [-0.05, 0) is 43.5 Å². The van der Waals surface area contributed by atoms with Gasteiger partial charge in [-0.25, -0.2) is 0 Å². The lowest BCUT2D eigenvalue weighted by atomic mass is 10.0. The molecule has 1 fully saturated rings. The van der Waals surface area contributed by atoms with Gasteiger partial charge in [-0.1, -0.05) is 42.5 Å². The molecule has 2 aromatic heterocycles. The van der Waals surface area contributed by atoms with Crippen LogP contribution in [0.1, 0.15) is 34.7 Å². The van der Waals surface area contributed by atoms with Crippen LogP contribution < -0.4 is 5.32 Å². The third-order valence-corrected chi connectivity index (χ3v) is 5.95. The Kier molecular flexibility index (Phi) is 4.97. The van der Waals surface area contributed by atoms with Gasteiger partial charge in [0.25, 0.3) is 5.91 Å². The quantitative estimate of drug-likeness (QED) is 0.541. The van der Waals surface area contributed by atoms with Crippen molar-refractivity contribution in [1.82, 2.24) is 15.2 Å². The van der Waals surface area contributed by atoms with Gasteiger partial charge in [-0.3, -0.25) is 14.7 Å². The fourth-order valence-electron chi connectivity index (χ4n) is 4.31. The van der Waals surface area contributed by atoms with E-state index in [1.165, 1.54) is 5.56 Å². The second-order valence-electron chi connectivity index (χ2n) is 8.08. The van der Waals surface area contributed by atoms with E-state index in [1.54, 1.807) is 0 Å².